The number of fused-ring (bicyclic) bond motifs is 1. The lowest BCUT2D eigenvalue weighted by Gasteiger charge is -2.09. The van der Waals surface area contributed by atoms with Crippen molar-refractivity contribution in [3.63, 3.8) is 0 Å². The van der Waals surface area contributed by atoms with E-state index in [1.54, 1.807) is 0 Å². The summed E-state index contributed by atoms with van der Waals surface area (Å²) in [4.78, 5) is 12.1. The molecule has 0 bridgehead atoms. The largest absolute Gasteiger partial charge is 0.325 e. The van der Waals surface area contributed by atoms with E-state index in [1.165, 1.54) is 0 Å². The quantitative estimate of drug-likeness (QED) is 0.881. The number of aryl methyl sites for hydroxylation is 1. The smallest absolute Gasteiger partial charge is 0.232 e. The van der Waals surface area contributed by atoms with Crippen LogP contribution >= 0.6 is 11.6 Å². The van der Waals surface area contributed by atoms with Gasteiger partial charge in [-0.3, -0.25) is 4.79 Å². The summed E-state index contributed by atoms with van der Waals surface area (Å²) in [5, 5.41) is 3.69. The van der Waals surface area contributed by atoms with E-state index in [0.717, 1.165) is 22.4 Å². The van der Waals surface area contributed by atoms with Crippen molar-refractivity contribution in [3.8, 4) is 0 Å². The van der Waals surface area contributed by atoms with Crippen LogP contribution in [0.5, 0.6) is 0 Å². The second-order valence-electron chi connectivity index (χ2n) is 4.92. The Morgan fingerprint density at radius 3 is 2.79 bits per heavy atom. The van der Waals surface area contributed by atoms with E-state index < -0.39 is 0 Å². The number of hydrogen-bond donors (Lipinski definition) is 1. The zero-order valence-electron chi connectivity index (χ0n) is 10.6. The van der Waals surface area contributed by atoms with Crippen molar-refractivity contribution in [2.24, 2.45) is 0 Å². The fourth-order valence-corrected chi connectivity index (χ4v) is 2.82. The topological polar surface area (TPSA) is 29.1 Å². The molecule has 0 saturated carbocycles. The summed E-state index contributed by atoms with van der Waals surface area (Å²) >= 11 is 5.99. The first-order chi connectivity index (χ1) is 9.15. The van der Waals surface area contributed by atoms with E-state index in [-0.39, 0.29) is 11.8 Å². The zero-order chi connectivity index (χ0) is 13.4. The van der Waals surface area contributed by atoms with Crippen molar-refractivity contribution >= 4 is 23.2 Å². The molecule has 3 heteroatoms. The van der Waals surface area contributed by atoms with Crippen LogP contribution in [-0.2, 0) is 11.2 Å². The fraction of sp³-hybridized carbons (Fsp3) is 0.188. The summed E-state index contributed by atoms with van der Waals surface area (Å²) < 4.78 is 0. The Morgan fingerprint density at radius 1 is 1.21 bits per heavy atom. The Morgan fingerprint density at radius 2 is 2.00 bits per heavy atom. The highest BCUT2D eigenvalue weighted by molar-refractivity contribution is 6.30. The third kappa shape index (κ3) is 2.24. The van der Waals surface area contributed by atoms with Gasteiger partial charge in [0.05, 0.1) is 5.92 Å². The fourth-order valence-electron chi connectivity index (χ4n) is 2.61. The van der Waals surface area contributed by atoms with E-state index >= 15 is 0 Å². The summed E-state index contributed by atoms with van der Waals surface area (Å²) in [6, 6.07) is 13.7. The van der Waals surface area contributed by atoms with Crippen LogP contribution in [0.25, 0.3) is 0 Å². The molecule has 2 nitrogen and oxygen atoms in total. The van der Waals surface area contributed by atoms with Crippen LogP contribution in [0.1, 0.15) is 22.6 Å². The molecule has 1 amide bonds. The first kappa shape index (κ1) is 12.2. The first-order valence-electron chi connectivity index (χ1n) is 6.30. The SMILES string of the molecule is Cc1cccc2c1NC(=O)C2Cc1cccc(Cl)c1. The van der Waals surface area contributed by atoms with Gasteiger partial charge >= 0.3 is 0 Å². The number of nitrogens with one attached hydrogen (secondary N) is 1. The molecule has 3 rings (SSSR count). The van der Waals surface area contributed by atoms with Crippen molar-refractivity contribution in [1.29, 1.82) is 0 Å². The molecule has 0 fully saturated rings. The van der Waals surface area contributed by atoms with Gasteiger partial charge in [-0.25, -0.2) is 0 Å². The molecule has 1 heterocycles. The van der Waals surface area contributed by atoms with Crippen LogP contribution in [0.3, 0.4) is 0 Å². The van der Waals surface area contributed by atoms with E-state index in [9.17, 15) is 4.79 Å². The normalized spacial score (nSPS) is 17.2. The first-order valence-corrected chi connectivity index (χ1v) is 6.68. The molecule has 2 aromatic carbocycles. The Kier molecular flexibility index (Phi) is 3.03. The molecule has 0 spiro atoms. The minimum atomic E-state index is -0.117. The van der Waals surface area contributed by atoms with Gasteiger partial charge in [0.15, 0.2) is 0 Å². The highest BCUT2D eigenvalue weighted by Gasteiger charge is 2.31. The van der Waals surface area contributed by atoms with Gasteiger partial charge in [0.25, 0.3) is 0 Å². The summed E-state index contributed by atoms with van der Waals surface area (Å²) in [6.07, 6.45) is 0.683. The predicted molar refractivity (Wildman–Crippen MR) is 77.7 cm³/mol. The molecule has 2 aromatic rings. The van der Waals surface area contributed by atoms with Gasteiger partial charge in [0.1, 0.15) is 0 Å². The lowest BCUT2D eigenvalue weighted by atomic mass is 9.92. The molecule has 1 N–H and O–H groups in total. The van der Waals surface area contributed by atoms with Crippen molar-refractivity contribution in [3.05, 3.63) is 64.2 Å². The molecule has 0 radical (unpaired) electrons. The Hall–Kier alpha value is -1.80. The zero-order valence-corrected chi connectivity index (χ0v) is 11.4. The molecule has 0 aliphatic carbocycles. The van der Waals surface area contributed by atoms with Crippen LogP contribution in [0.15, 0.2) is 42.5 Å². The maximum Gasteiger partial charge on any atom is 0.232 e. The molecule has 1 aliphatic rings. The molecule has 1 atom stereocenters. The number of anilines is 1. The molecule has 0 saturated heterocycles. The van der Waals surface area contributed by atoms with E-state index in [1.807, 2.05) is 49.4 Å². The Labute approximate surface area is 117 Å². The standard InChI is InChI=1S/C16H14ClNO/c1-10-4-2-7-13-14(16(19)18-15(10)13)9-11-5-3-6-12(17)8-11/h2-8,14H,9H2,1H3,(H,18,19). The van der Waals surface area contributed by atoms with Gasteiger partial charge in [0.2, 0.25) is 5.91 Å². The number of benzene rings is 2. The van der Waals surface area contributed by atoms with Crippen molar-refractivity contribution in [2.75, 3.05) is 5.32 Å². The summed E-state index contributed by atoms with van der Waals surface area (Å²) in [5.41, 5.74) is 4.26. The monoisotopic (exact) mass is 271 g/mol. The average Bonchev–Trinajstić information content (AvgIpc) is 2.69. The summed E-state index contributed by atoms with van der Waals surface area (Å²) in [5.74, 6) is -0.0438. The Balaban J connectivity index is 1.95. The lowest BCUT2D eigenvalue weighted by molar-refractivity contribution is -0.117. The van der Waals surface area contributed by atoms with Gasteiger partial charge in [0, 0.05) is 10.7 Å². The van der Waals surface area contributed by atoms with Crippen LogP contribution in [-0.4, -0.2) is 5.91 Å². The molecular weight excluding hydrogens is 258 g/mol. The second-order valence-corrected chi connectivity index (χ2v) is 5.35. The number of amides is 1. The number of hydrogen-bond acceptors (Lipinski definition) is 1. The molecular formula is C16H14ClNO. The van der Waals surface area contributed by atoms with Gasteiger partial charge in [-0.15, -0.1) is 0 Å². The van der Waals surface area contributed by atoms with Crippen LogP contribution < -0.4 is 5.32 Å². The maximum atomic E-state index is 12.1. The highest BCUT2D eigenvalue weighted by atomic mass is 35.5. The Bertz CT molecular complexity index is 651. The summed E-state index contributed by atoms with van der Waals surface area (Å²) in [7, 11) is 0. The second kappa shape index (κ2) is 4.71. The maximum absolute atomic E-state index is 12.1. The van der Waals surface area contributed by atoms with Crippen molar-refractivity contribution in [1.82, 2.24) is 0 Å². The van der Waals surface area contributed by atoms with Crippen LogP contribution in [0.4, 0.5) is 5.69 Å². The molecule has 96 valence electrons. The number of carbonyl (C=O) groups excluding carboxylic acids is 1. The van der Waals surface area contributed by atoms with Crippen LogP contribution in [0, 0.1) is 6.92 Å². The highest BCUT2D eigenvalue weighted by Crippen LogP contribution is 2.36. The molecule has 1 unspecified atom stereocenters. The van der Waals surface area contributed by atoms with Gasteiger partial charge < -0.3 is 5.32 Å². The van der Waals surface area contributed by atoms with Crippen molar-refractivity contribution < 1.29 is 4.79 Å². The van der Waals surface area contributed by atoms with Crippen LogP contribution in [0.2, 0.25) is 5.02 Å². The average molecular weight is 272 g/mol. The number of halogens is 1. The predicted octanol–water partition coefficient (Wildman–Crippen LogP) is 3.93. The number of rotatable bonds is 2. The van der Waals surface area contributed by atoms with Gasteiger partial charge in [-0.2, -0.15) is 0 Å². The number of para-hydroxylation sites is 1. The van der Waals surface area contributed by atoms with Gasteiger partial charge in [-0.05, 0) is 42.2 Å². The third-order valence-corrected chi connectivity index (χ3v) is 3.81. The van der Waals surface area contributed by atoms with E-state index in [4.69, 9.17) is 11.6 Å². The van der Waals surface area contributed by atoms with Gasteiger partial charge in [-0.1, -0.05) is 41.9 Å². The number of carbonyl (C=O) groups is 1. The van der Waals surface area contributed by atoms with Crippen molar-refractivity contribution in [2.45, 2.75) is 19.3 Å². The lowest BCUT2D eigenvalue weighted by Crippen LogP contribution is -2.14. The van der Waals surface area contributed by atoms with E-state index in [0.29, 0.717) is 11.4 Å². The minimum absolute atomic E-state index is 0.0734. The molecule has 0 aromatic heterocycles. The van der Waals surface area contributed by atoms with E-state index in [2.05, 4.69) is 5.32 Å². The summed E-state index contributed by atoms with van der Waals surface area (Å²) in [6.45, 7) is 2.01. The molecule has 19 heavy (non-hydrogen) atoms. The third-order valence-electron chi connectivity index (χ3n) is 3.57. The molecule has 1 aliphatic heterocycles. The minimum Gasteiger partial charge on any atom is -0.325 e.